The number of aromatic amines is 1. The molecule has 2 aromatic rings. The number of carboxylic acids is 1. The van der Waals surface area contributed by atoms with Gasteiger partial charge < -0.3 is 10.1 Å². The maximum Gasteiger partial charge on any atom is 0.310 e. The number of hydrogen-bond donors (Lipinski definition) is 2. The number of carboxylic acid groups (broad SMARTS) is 1. The predicted molar refractivity (Wildman–Crippen MR) is 59.1 cm³/mol. The standard InChI is InChI=1S/C12H13NO2/c1-7-6-13-10-5-3-4-9(11(7)10)8(2)12(14)15/h3-6,8,13H,1-2H3,(H,14,15). The molecular weight excluding hydrogens is 190 g/mol. The molecule has 78 valence electrons. The number of nitrogens with one attached hydrogen (secondary N) is 1. The highest BCUT2D eigenvalue weighted by atomic mass is 16.4. The number of hydrogen-bond acceptors (Lipinski definition) is 1. The van der Waals surface area contributed by atoms with E-state index in [1.165, 1.54) is 0 Å². The summed E-state index contributed by atoms with van der Waals surface area (Å²) in [7, 11) is 0. The van der Waals surface area contributed by atoms with Crippen LogP contribution in [0.1, 0.15) is 24.0 Å². The minimum atomic E-state index is -0.789. The Balaban J connectivity index is 2.69. The largest absolute Gasteiger partial charge is 0.481 e. The maximum absolute atomic E-state index is 11.0. The van der Waals surface area contributed by atoms with Crippen LogP contribution in [0.3, 0.4) is 0 Å². The number of benzene rings is 1. The number of H-pyrrole nitrogens is 1. The van der Waals surface area contributed by atoms with Crippen LogP contribution in [0, 0.1) is 6.92 Å². The van der Waals surface area contributed by atoms with Crippen molar-refractivity contribution >= 4 is 16.9 Å². The van der Waals surface area contributed by atoms with E-state index in [4.69, 9.17) is 5.11 Å². The lowest BCUT2D eigenvalue weighted by Crippen LogP contribution is -2.07. The van der Waals surface area contributed by atoms with Gasteiger partial charge in [0.05, 0.1) is 5.92 Å². The molecule has 1 atom stereocenters. The van der Waals surface area contributed by atoms with E-state index in [-0.39, 0.29) is 0 Å². The summed E-state index contributed by atoms with van der Waals surface area (Å²) in [6.45, 7) is 3.69. The molecule has 0 aliphatic carbocycles. The summed E-state index contributed by atoms with van der Waals surface area (Å²) < 4.78 is 0. The smallest absolute Gasteiger partial charge is 0.310 e. The lowest BCUT2D eigenvalue weighted by atomic mass is 9.96. The van der Waals surface area contributed by atoms with Crippen LogP contribution in [0.4, 0.5) is 0 Å². The second-order valence-electron chi connectivity index (χ2n) is 3.80. The Kier molecular flexibility index (Phi) is 2.23. The number of aromatic nitrogens is 1. The minimum absolute atomic E-state index is 0.469. The van der Waals surface area contributed by atoms with Crippen LogP contribution < -0.4 is 0 Å². The molecule has 0 amide bonds. The van der Waals surface area contributed by atoms with Gasteiger partial charge in [-0.3, -0.25) is 4.79 Å². The number of aliphatic carboxylic acids is 1. The summed E-state index contributed by atoms with van der Waals surface area (Å²) in [6, 6.07) is 5.72. The third-order valence-corrected chi connectivity index (χ3v) is 2.77. The van der Waals surface area contributed by atoms with E-state index in [0.29, 0.717) is 0 Å². The SMILES string of the molecule is Cc1c[nH]c2cccc(C(C)C(=O)O)c12. The van der Waals surface area contributed by atoms with Crippen molar-refractivity contribution in [2.75, 3.05) is 0 Å². The normalized spacial score (nSPS) is 12.9. The lowest BCUT2D eigenvalue weighted by Gasteiger charge is -2.08. The Labute approximate surface area is 87.7 Å². The Morgan fingerprint density at radius 1 is 1.47 bits per heavy atom. The van der Waals surface area contributed by atoms with Gasteiger partial charge in [0.15, 0.2) is 0 Å². The second kappa shape index (κ2) is 3.42. The number of carbonyl (C=O) groups is 1. The molecule has 0 fully saturated rings. The molecule has 15 heavy (non-hydrogen) atoms. The van der Waals surface area contributed by atoms with Crippen LogP contribution in [0.25, 0.3) is 10.9 Å². The Bertz CT molecular complexity index is 513. The third kappa shape index (κ3) is 1.50. The molecule has 0 spiro atoms. The quantitative estimate of drug-likeness (QED) is 0.788. The molecule has 0 radical (unpaired) electrons. The van der Waals surface area contributed by atoms with Crippen molar-refractivity contribution in [3.63, 3.8) is 0 Å². The van der Waals surface area contributed by atoms with Crippen molar-refractivity contribution in [3.8, 4) is 0 Å². The number of aryl methyl sites for hydroxylation is 1. The number of rotatable bonds is 2. The molecule has 3 nitrogen and oxygen atoms in total. The van der Waals surface area contributed by atoms with Gasteiger partial charge in [-0.2, -0.15) is 0 Å². The van der Waals surface area contributed by atoms with Crippen molar-refractivity contribution < 1.29 is 9.90 Å². The summed E-state index contributed by atoms with van der Waals surface area (Å²) >= 11 is 0. The van der Waals surface area contributed by atoms with Crippen molar-refractivity contribution in [1.29, 1.82) is 0 Å². The molecule has 0 bridgehead atoms. The fourth-order valence-corrected chi connectivity index (χ4v) is 1.88. The molecule has 1 aromatic carbocycles. The van der Waals surface area contributed by atoms with Gasteiger partial charge in [0, 0.05) is 17.1 Å². The first kappa shape index (κ1) is 9.77. The average molecular weight is 203 g/mol. The zero-order chi connectivity index (χ0) is 11.0. The highest BCUT2D eigenvalue weighted by Gasteiger charge is 2.17. The summed E-state index contributed by atoms with van der Waals surface area (Å²) in [5, 5.41) is 10.0. The molecule has 1 heterocycles. The minimum Gasteiger partial charge on any atom is -0.481 e. The molecule has 0 aliphatic rings. The van der Waals surface area contributed by atoms with Gasteiger partial charge in [-0.05, 0) is 31.0 Å². The monoisotopic (exact) mass is 203 g/mol. The first-order valence-corrected chi connectivity index (χ1v) is 4.90. The number of fused-ring (bicyclic) bond motifs is 1. The Morgan fingerprint density at radius 2 is 2.20 bits per heavy atom. The average Bonchev–Trinajstić information content (AvgIpc) is 2.59. The first-order chi connectivity index (χ1) is 7.11. The highest BCUT2D eigenvalue weighted by molar-refractivity contribution is 5.91. The van der Waals surface area contributed by atoms with E-state index < -0.39 is 11.9 Å². The Hall–Kier alpha value is -1.77. The zero-order valence-electron chi connectivity index (χ0n) is 8.74. The maximum atomic E-state index is 11.0. The molecule has 2 N–H and O–H groups in total. The lowest BCUT2D eigenvalue weighted by molar-refractivity contribution is -0.138. The van der Waals surface area contributed by atoms with Gasteiger partial charge >= 0.3 is 5.97 Å². The fraction of sp³-hybridized carbons (Fsp3) is 0.250. The van der Waals surface area contributed by atoms with Gasteiger partial charge in [0.1, 0.15) is 0 Å². The van der Waals surface area contributed by atoms with Crippen molar-refractivity contribution in [3.05, 3.63) is 35.5 Å². The van der Waals surface area contributed by atoms with Gasteiger partial charge in [-0.15, -0.1) is 0 Å². The topological polar surface area (TPSA) is 53.1 Å². The van der Waals surface area contributed by atoms with E-state index in [0.717, 1.165) is 22.0 Å². The molecule has 1 unspecified atom stereocenters. The zero-order valence-corrected chi connectivity index (χ0v) is 8.74. The summed E-state index contributed by atoms with van der Waals surface area (Å²) in [5.41, 5.74) is 2.96. The molecule has 3 heteroatoms. The first-order valence-electron chi connectivity index (χ1n) is 4.90. The molecule has 0 saturated heterocycles. The van der Waals surface area contributed by atoms with Gasteiger partial charge in [-0.25, -0.2) is 0 Å². The summed E-state index contributed by atoms with van der Waals surface area (Å²) in [5.74, 6) is -1.26. The highest BCUT2D eigenvalue weighted by Crippen LogP contribution is 2.27. The van der Waals surface area contributed by atoms with E-state index >= 15 is 0 Å². The van der Waals surface area contributed by atoms with Crippen LogP contribution in [0.2, 0.25) is 0 Å². The molecular formula is C12H13NO2. The Morgan fingerprint density at radius 3 is 2.87 bits per heavy atom. The van der Waals surface area contributed by atoms with Crippen molar-refractivity contribution in [2.45, 2.75) is 19.8 Å². The van der Waals surface area contributed by atoms with Crippen LogP contribution in [-0.4, -0.2) is 16.1 Å². The van der Waals surface area contributed by atoms with E-state index in [1.54, 1.807) is 6.92 Å². The van der Waals surface area contributed by atoms with Crippen LogP contribution in [-0.2, 0) is 4.79 Å². The molecule has 0 saturated carbocycles. The van der Waals surface area contributed by atoms with E-state index in [1.807, 2.05) is 31.3 Å². The fourth-order valence-electron chi connectivity index (χ4n) is 1.88. The summed E-state index contributed by atoms with van der Waals surface area (Å²) in [6.07, 6.45) is 1.91. The van der Waals surface area contributed by atoms with Crippen molar-refractivity contribution in [1.82, 2.24) is 4.98 Å². The van der Waals surface area contributed by atoms with Crippen LogP contribution >= 0.6 is 0 Å². The van der Waals surface area contributed by atoms with Crippen LogP contribution in [0.15, 0.2) is 24.4 Å². The second-order valence-corrected chi connectivity index (χ2v) is 3.80. The molecule has 1 aromatic heterocycles. The molecule has 0 aliphatic heterocycles. The van der Waals surface area contributed by atoms with Gasteiger partial charge in [-0.1, -0.05) is 12.1 Å². The summed E-state index contributed by atoms with van der Waals surface area (Å²) in [4.78, 5) is 14.1. The van der Waals surface area contributed by atoms with Crippen LogP contribution in [0.5, 0.6) is 0 Å². The van der Waals surface area contributed by atoms with Gasteiger partial charge in [0.2, 0.25) is 0 Å². The van der Waals surface area contributed by atoms with E-state index in [9.17, 15) is 4.79 Å². The molecule has 2 rings (SSSR count). The van der Waals surface area contributed by atoms with Crippen molar-refractivity contribution in [2.24, 2.45) is 0 Å². The van der Waals surface area contributed by atoms with Gasteiger partial charge in [0.25, 0.3) is 0 Å². The van der Waals surface area contributed by atoms with E-state index in [2.05, 4.69) is 4.98 Å². The third-order valence-electron chi connectivity index (χ3n) is 2.77. The predicted octanol–water partition coefficient (Wildman–Crippen LogP) is 2.66.